The maximum absolute atomic E-state index is 13.0. The Kier molecular flexibility index (Phi) is 5.67. The number of nitrogens with one attached hydrogen (secondary N) is 1. The second-order valence-electron chi connectivity index (χ2n) is 6.41. The van der Waals surface area contributed by atoms with Crippen molar-refractivity contribution in [3.05, 3.63) is 55.7 Å². The molecule has 3 aromatic rings. The summed E-state index contributed by atoms with van der Waals surface area (Å²) >= 11 is 6.19. The third kappa shape index (κ3) is 3.63. The van der Waals surface area contributed by atoms with Crippen LogP contribution in [0.15, 0.2) is 33.9 Å². The van der Waals surface area contributed by atoms with Gasteiger partial charge < -0.3 is 15.6 Å². The van der Waals surface area contributed by atoms with E-state index in [0.717, 1.165) is 12.8 Å². The highest BCUT2D eigenvalue weighted by atomic mass is 35.5. The molecule has 2 heterocycles. The Labute approximate surface area is 161 Å². The smallest absolute Gasteiger partial charge is 0.332 e. The molecule has 2 aromatic heterocycles. The Morgan fingerprint density at radius 2 is 1.89 bits per heavy atom. The molecule has 0 saturated carbocycles. The average molecular weight is 391 g/mol. The molecule has 3 N–H and O–H groups in total. The molecule has 27 heavy (non-hydrogen) atoms. The Morgan fingerprint density at radius 3 is 2.59 bits per heavy atom. The number of unbranched alkanes of at least 4 members (excludes halogenated alkanes) is 1. The molecule has 0 radical (unpaired) electrons. The van der Waals surface area contributed by atoms with E-state index < -0.39 is 11.2 Å². The van der Waals surface area contributed by atoms with Crippen LogP contribution in [0.5, 0.6) is 0 Å². The highest BCUT2D eigenvalue weighted by Crippen LogP contribution is 2.16. The minimum absolute atomic E-state index is 0.103. The molecule has 0 saturated heterocycles. The number of nitrogens with zero attached hydrogens (tertiary/aromatic N) is 4. The number of hydrogen-bond acceptors (Lipinski definition) is 5. The summed E-state index contributed by atoms with van der Waals surface area (Å²) in [4.78, 5) is 30.2. The van der Waals surface area contributed by atoms with Gasteiger partial charge in [-0.2, -0.15) is 4.98 Å². The standard InChI is InChI=1S/C18H23ClN6O2/c1-23-14-15(22-17(23)21-10-6-5-9-20)24(2)18(27)25(16(14)26)11-12-7-3-4-8-13(12)19/h3-4,7-8H,5-6,9-11,20H2,1-2H3,(H,21,22). The van der Waals surface area contributed by atoms with Crippen LogP contribution in [0, 0.1) is 0 Å². The van der Waals surface area contributed by atoms with Crippen molar-refractivity contribution in [2.45, 2.75) is 19.4 Å². The fourth-order valence-corrected chi connectivity index (χ4v) is 3.20. The van der Waals surface area contributed by atoms with Gasteiger partial charge >= 0.3 is 5.69 Å². The molecule has 0 spiro atoms. The van der Waals surface area contributed by atoms with Gasteiger partial charge in [-0.15, -0.1) is 0 Å². The lowest BCUT2D eigenvalue weighted by atomic mass is 10.2. The van der Waals surface area contributed by atoms with E-state index in [4.69, 9.17) is 17.3 Å². The largest absolute Gasteiger partial charge is 0.356 e. The lowest BCUT2D eigenvalue weighted by Crippen LogP contribution is -2.39. The first kappa shape index (κ1) is 19.2. The molecule has 0 fully saturated rings. The second kappa shape index (κ2) is 7.98. The van der Waals surface area contributed by atoms with Crippen molar-refractivity contribution >= 4 is 28.7 Å². The molecule has 0 aliphatic heterocycles. The van der Waals surface area contributed by atoms with Gasteiger partial charge in [0.15, 0.2) is 11.2 Å². The fourth-order valence-electron chi connectivity index (χ4n) is 3.01. The van der Waals surface area contributed by atoms with Gasteiger partial charge in [0.1, 0.15) is 0 Å². The van der Waals surface area contributed by atoms with E-state index in [1.54, 1.807) is 36.9 Å². The number of benzene rings is 1. The van der Waals surface area contributed by atoms with Crippen LogP contribution in [-0.4, -0.2) is 31.8 Å². The van der Waals surface area contributed by atoms with E-state index >= 15 is 0 Å². The van der Waals surface area contributed by atoms with Gasteiger partial charge in [0.2, 0.25) is 5.95 Å². The van der Waals surface area contributed by atoms with Crippen molar-refractivity contribution in [3.63, 3.8) is 0 Å². The van der Waals surface area contributed by atoms with E-state index in [-0.39, 0.29) is 6.54 Å². The van der Waals surface area contributed by atoms with E-state index in [0.29, 0.717) is 40.8 Å². The van der Waals surface area contributed by atoms with E-state index in [1.165, 1.54) is 9.13 Å². The topological polar surface area (TPSA) is 99.9 Å². The average Bonchev–Trinajstić information content (AvgIpc) is 2.99. The quantitative estimate of drug-likeness (QED) is 0.592. The molecule has 0 unspecified atom stereocenters. The van der Waals surface area contributed by atoms with E-state index in [1.807, 2.05) is 6.07 Å². The normalized spacial score (nSPS) is 11.3. The van der Waals surface area contributed by atoms with Crippen molar-refractivity contribution in [2.24, 2.45) is 19.8 Å². The van der Waals surface area contributed by atoms with Crippen molar-refractivity contribution in [1.82, 2.24) is 18.7 Å². The molecule has 144 valence electrons. The van der Waals surface area contributed by atoms with Crippen LogP contribution >= 0.6 is 11.6 Å². The van der Waals surface area contributed by atoms with Gasteiger partial charge in [-0.1, -0.05) is 29.8 Å². The molecular weight excluding hydrogens is 368 g/mol. The summed E-state index contributed by atoms with van der Waals surface area (Å²) in [5, 5.41) is 3.71. The van der Waals surface area contributed by atoms with Crippen LogP contribution < -0.4 is 22.3 Å². The molecule has 3 rings (SSSR count). The first-order valence-corrected chi connectivity index (χ1v) is 9.17. The van der Waals surface area contributed by atoms with Crippen LogP contribution in [-0.2, 0) is 20.6 Å². The second-order valence-corrected chi connectivity index (χ2v) is 6.82. The zero-order chi connectivity index (χ0) is 19.6. The van der Waals surface area contributed by atoms with Gasteiger partial charge in [-0.05, 0) is 31.0 Å². The summed E-state index contributed by atoms with van der Waals surface area (Å²) in [6.45, 7) is 1.42. The Bertz CT molecular complexity index is 1080. The zero-order valence-electron chi connectivity index (χ0n) is 15.4. The number of anilines is 1. The van der Waals surface area contributed by atoms with E-state index in [2.05, 4.69) is 10.3 Å². The number of rotatable bonds is 7. The summed E-state index contributed by atoms with van der Waals surface area (Å²) in [6, 6.07) is 7.16. The van der Waals surface area contributed by atoms with Gasteiger partial charge in [-0.25, -0.2) is 4.79 Å². The zero-order valence-corrected chi connectivity index (χ0v) is 16.2. The minimum atomic E-state index is -0.430. The predicted molar refractivity (Wildman–Crippen MR) is 108 cm³/mol. The maximum Gasteiger partial charge on any atom is 0.332 e. The Balaban J connectivity index is 2.07. The maximum atomic E-state index is 13.0. The summed E-state index contributed by atoms with van der Waals surface area (Å²) in [5.74, 6) is 0.546. The van der Waals surface area contributed by atoms with Gasteiger partial charge in [0.05, 0.1) is 6.54 Å². The van der Waals surface area contributed by atoms with Crippen LogP contribution in [0.1, 0.15) is 18.4 Å². The van der Waals surface area contributed by atoms with Crippen LogP contribution in [0.4, 0.5) is 5.95 Å². The number of aryl methyl sites for hydroxylation is 2. The van der Waals surface area contributed by atoms with Gasteiger partial charge in [0, 0.05) is 25.7 Å². The molecule has 0 bridgehead atoms. The molecule has 0 amide bonds. The number of hydrogen-bond donors (Lipinski definition) is 2. The third-order valence-electron chi connectivity index (χ3n) is 4.56. The highest BCUT2D eigenvalue weighted by Gasteiger charge is 2.18. The van der Waals surface area contributed by atoms with Crippen molar-refractivity contribution in [3.8, 4) is 0 Å². The first-order valence-electron chi connectivity index (χ1n) is 8.79. The molecule has 0 aliphatic carbocycles. The summed E-state index contributed by atoms with van der Waals surface area (Å²) in [6.07, 6.45) is 1.80. The van der Waals surface area contributed by atoms with Crippen molar-refractivity contribution < 1.29 is 0 Å². The molecule has 9 heteroatoms. The third-order valence-corrected chi connectivity index (χ3v) is 4.93. The summed E-state index contributed by atoms with van der Waals surface area (Å²) in [5.41, 5.74) is 6.11. The SMILES string of the molecule is Cn1c(NCCCCN)nc2c1c(=O)n(Cc1ccccc1Cl)c(=O)n2C. The lowest BCUT2D eigenvalue weighted by molar-refractivity contribution is 0.655. The number of halogens is 1. The monoisotopic (exact) mass is 390 g/mol. The molecule has 0 atom stereocenters. The van der Waals surface area contributed by atoms with Crippen molar-refractivity contribution in [2.75, 3.05) is 18.4 Å². The predicted octanol–water partition coefficient (Wildman–Crippen LogP) is 1.29. The van der Waals surface area contributed by atoms with Crippen molar-refractivity contribution in [1.29, 1.82) is 0 Å². The summed E-state index contributed by atoms with van der Waals surface area (Å²) in [7, 11) is 3.37. The Hall–Kier alpha value is -2.58. The molecule has 0 aliphatic rings. The van der Waals surface area contributed by atoms with Crippen LogP contribution in [0.25, 0.3) is 11.2 Å². The van der Waals surface area contributed by atoms with Crippen LogP contribution in [0.2, 0.25) is 5.02 Å². The fraction of sp³-hybridized carbons (Fsp3) is 0.389. The highest BCUT2D eigenvalue weighted by molar-refractivity contribution is 6.31. The number of nitrogens with two attached hydrogens (primary N) is 1. The molecule has 1 aromatic carbocycles. The number of aromatic nitrogens is 4. The number of imidazole rings is 1. The van der Waals surface area contributed by atoms with Gasteiger partial charge in [0.25, 0.3) is 5.56 Å². The lowest BCUT2D eigenvalue weighted by Gasteiger charge is -2.10. The van der Waals surface area contributed by atoms with Crippen LogP contribution in [0.3, 0.4) is 0 Å². The first-order chi connectivity index (χ1) is 13.0. The summed E-state index contributed by atoms with van der Waals surface area (Å²) < 4.78 is 4.25. The molecule has 8 nitrogen and oxygen atoms in total. The Morgan fingerprint density at radius 1 is 1.15 bits per heavy atom. The minimum Gasteiger partial charge on any atom is -0.356 e. The van der Waals surface area contributed by atoms with Gasteiger partial charge in [-0.3, -0.25) is 13.9 Å². The van der Waals surface area contributed by atoms with E-state index in [9.17, 15) is 9.59 Å². The molecular formula is C18H23ClN6O2. The number of fused-ring (bicyclic) bond motifs is 1.